The third-order valence-electron chi connectivity index (χ3n) is 7.18. The summed E-state index contributed by atoms with van der Waals surface area (Å²) in [6.45, 7) is 0.830. The summed E-state index contributed by atoms with van der Waals surface area (Å²) in [5, 5.41) is 9.15. The zero-order valence-electron chi connectivity index (χ0n) is 21.0. The number of carbonyl (C=O) groups is 1. The molecule has 3 aromatic rings. The molecule has 1 saturated carbocycles. The fraction of sp³-hybridized carbons (Fsp3) is 0.367. The van der Waals surface area contributed by atoms with Gasteiger partial charge in [-0.15, -0.1) is 0 Å². The van der Waals surface area contributed by atoms with Crippen molar-refractivity contribution >= 4 is 15.8 Å². The molecule has 0 aliphatic heterocycles. The highest BCUT2D eigenvalue weighted by Crippen LogP contribution is 2.47. The monoisotopic (exact) mass is 520 g/mol. The third-order valence-corrected chi connectivity index (χ3v) is 8.21. The van der Waals surface area contributed by atoms with E-state index in [0.29, 0.717) is 26.1 Å². The Morgan fingerprint density at radius 3 is 2.41 bits per heavy atom. The molecule has 0 bridgehead atoms. The van der Waals surface area contributed by atoms with Crippen LogP contribution in [0, 0.1) is 5.92 Å². The Hall–Kier alpha value is -3.32. The van der Waals surface area contributed by atoms with E-state index >= 15 is 0 Å². The SMILES string of the molecule is CS(=O)(=O)CCCOc1ccc2c(c1)CCCc1ccc(COc3ccc([C@H]4C[C@@H]4C(=O)O)cc3)cc1-2. The second kappa shape index (κ2) is 10.6. The van der Waals surface area contributed by atoms with Crippen LogP contribution in [0.25, 0.3) is 11.1 Å². The molecule has 1 N–H and O–H groups in total. The summed E-state index contributed by atoms with van der Waals surface area (Å²) in [6, 6.07) is 20.5. The van der Waals surface area contributed by atoms with Gasteiger partial charge in [-0.1, -0.05) is 30.3 Å². The number of aliphatic carboxylic acids is 1. The molecule has 0 unspecified atom stereocenters. The first-order valence-electron chi connectivity index (χ1n) is 12.8. The number of fused-ring (bicyclic) bond motifs is 3. The Bertz CT molecular complexity index is 1390. The van der Waals surface area contributed by atoms with Gasteiger partial charge >= 0.3 is 5.97 Å². The fourth-order valence-electron chi connectivity index (χ4n) is 5.11. The predicted octanol–water partition coefficient (Wildman–Crippen LogP) is 5.42. The quantitative estimate of drug-likeness (QED) is 0.359. The van der Waals surface area contributed by atoms with Crippen molar-refractivity contribution in [2.24, 2.45) is 5.92 Å². The lowest BCUT2D eigenvalue weighted by Gasteiger charge is -2.14. The molecule has 0 spiro atoms. The fourth-order valence-corrected chi connectivity index (χ4v) is 5.75. The first-order chi connectivity index (χ1) is 17.8. The van der Waals surface area contributed by atoms with E-state index in [1.807, 2.05) is 30.3 Å². The van der Waals surface area contributed by atoms with Gasteiger partial charge in [-0.25, -0.2) is 8.42 Å². The predicted molar refractivity (Wildman–Crippen MR) is 143 cm³/mol. The first-order valence-corrected chi connectivity index (χ1v) is 14.8. The van der Waals surface area contributed by atoms with E-state index in [1.54, 1.807) is 0 Å². The number of rotatable bonds is 10. The average molecular weight is 521 g/mol. The minimum atomic E-state index is -2.98. The van der Waals surface area contributed by atoms with Crippen LogP contribution >= 0.6 is 0 Å². The van der Waals surface area contributed by atoms with Crippen molar-refractivity contribution in [3.63, 3.8) is 0 Å². The highest BCUT2D eigenvalue weighted by atomic mass is 32.2. The molecule has 2 aliphatic rings. The Balaban J connectivity index is 1.25. The Morgan fingerprint density at radius 1 is 0.919 bits per heavy atom. The molecular weight excluding hydrogens is 488 g/mol. The van der Waals surface area contributed by atoms with Crippen molar-refractivity contribution < 1.29 is 27.8 Å². The second-order valence-electron chi connectivity index (χ2n) is 10.1. The van der Waals surface area contributed by atoms with Crippen molar-refractivity contribution in [3.8, 4) is 22.6 Å². The number of carboxylic acids is 1. The van der Waals surface area contributed by atoms with Crippen LogP contribution in [0.4, 0.5) is 0 Å². The van der Waals surface area contributed by atoms with Gasteiger partial charge in [-0.2, -0.15) is 0 Å². The van der Waals surface area contributed by atoms with E-state index in [9.17, 15) is 13.2 Å². The van der Waals surface area contributed by atoms with Gasteiger partial charge in [0.2, 0.25) is 0 Å². The van der Waals surface area contributed by atoms with Gasteiger partial charge in [0.25, 0.3) is 0 Å². The summed E-state index contributed by atoms with van der Waals surface area (Å²) in [4.78, 5) is 11.1. The number of sulfone groups is 1. The van der Waals surface area contributed by atoms with Gasteiger partial charge in [0, 0.05) is 6.26 Å². The third kappa shape index (κ3) is 6.34. The Labute approximate surface area is 218 Å². The maximum atomic E-state index is 11.3. The number of hydrogen-bond acceptors (Lipinski definition) is 5. The number of benzene rings is 3. The highest BCUT2D eigenvalue weighted by molar-refractivity contribution is 7.90. The number of aryl methyl sites for hydroxylation is 2. The molecule has 0 saturated heterocycles. The summed E-state index contributed by atoms with van der Waals surface area (Å²) in [7, 11) is -2.98. The van der Waals surface area contributed by atoms with Gasteiger partial charge in [0.1, 0.15) is 27.9 Å². The smallest absolute Gasteiger partial charge is 0.307 e. The van der Waals surface area contributed by atoms with Crippen LogP contribution in [0.2, 0.25) is 0 Å². The lowest BCUT2D eigenvalue weighted by molar-refractivity contribution is -0.138. The summed E-state index contributed by atoms with van der Waals surface area (Å²) in [5.41, 5.74) is 7.14. The minimum Gasteiger partial charge on any atom is -0.494 e. The van der Waals surface area contributed by atoms with Gasteiger partial charge in [-0.3, -0.25) is 4.79 Å². The van der Waals surface area contributed by atoms with E-state index in [4.69, 9.17) is 14.6 Å². The maximum absolute atomic E-state index is 11.3. The van der Waals surface area contributed by atoms with Crippen molar-refractivity contribution in [2.45, 2.75) is 44.6 Å². The lowest BCUT2D eigenvalue weighted by Crippen LogP contribution is -2.08. The summed E-state index contributed by atoms with van der Waals surface area (Å²) in [6.07, 6.45) is 5.47. The molecule has 0 heterocycles. The second-order valence-corrected chi connectivity index (χ2v) is 12.4. The van der Waals surface area contributed by atoms with Crippen LogP contribution in [0.15, 0.2) is 60.7 Å². The standard InChI is InChI=1S/C30H32O6S/c1-37(33,34)15-3-14-35-25-12-13-26-23(17-25)5-2-4-21-7-6-20(16-27(21)26)19-36-24-10-8-22(9-11-24)28-18-29(28)30(31)32/h6-13,16-17,28-29H,2-5,14-15,18-19H2,1H3,(H,31,32)/t28-,29+/m1/s1. The first kappa shape index (κ1) is 25.3. The molecule has 0 radical (unpaired) electrons. The van der Waals surface area contributed by atoms with Crippen LogP contribution in [0.1, 0.15) is 47.4 Å². The molecule has 2 aliphatic carbocycles. The van der Waals surface area contributed by atoms with E-state index < -0.39 is 15.8 Å². The van der Waals surface area contributed by atoms with Crippen molar-refractivity contribution in [2.75, 3.05) is 18.6 Å². The van der Waals surface area contributed by atoms with Crippen molar-refractivity contribution in [1.29, 1.82) is 0 Å². The van der Waals surface area contributed by atoms with Gasteiger partial charge in [0.05, 0.1) is 18.3 Å². The van der Waals surface area contributed by atoms with Crippen molar-refractivity contribution in [1.82, 2.24) is 0 Å². The molecule has 5 rings (SSSR count). The van der Waals surface area contributed by atoms with Crippen LogP contribution in [0.5, 0.6) is 11.5 Å². The summed E-state index contributed by atoms with van der Waals surface area (Å²) >= 11 is 0. The Morgan fingerprint density at radius 2 is 1.68 bits per heavy atom. The van der Waals surface area contributed by atoms with E-state index in [2.05, 4.69) is 30.3 Å². The molecule has 37 heavy (non-hydrogen) atoms. The van der Waals surface area contributed by atoms with Crippen LogP contribution in [-0.4, -0.2) is 38.1 Å². The number of carboxylic acid groups (broad SMARTS) is 1. The van der Waals surface area contributed by atoms with Gasteiger partial charge in [0.15, 0.2) is 0 Å². The minimum absolute atomic E-state index is 0.120. The zero-order valence-corrected chi connectivity index (χ0v) is 21.8. The van der Waals surface area contributed by atoms with Crippen LogP contribution < -0.4 is 9.47 Å². The normalized spacial score (nSPS) is 18.3. The van der Waals surface area contributed by atoms with Crippen LogP contribution in [-0.2, 0) is 34.1 Å². The molecule has 6 nitrogen and oxygen atoms in total. The van der Waals surface area contributed by atoms with Crippen LogP contribution in [0.3, 0.4) is 0 Å². The molecule has 2 atom stereocenters. The maximum Gasteiger partial charge on any atom is 0.307 e. The number of ether oxygens (including phenoxy) is 2. The largest absolute Gasteiger partial charge is 0.494 e. The van der Waals surface area contributed by atoms with Crippen molar-refractivity contribution in [3.05, 3.63) is 82.9 Å². The zero-order chi connectivity index (χ0) is 26.0. The molecule has 0 amide bonds. The Kier molecular flexibility index (Phi) is 7.24. The summed E-state index contributed by atoms with van der Waals surface area (Å²) < 4.78 is 34.6. The summed E-state index contributed by atoms with van der Waals surface area (Å²) in [5.74, 6) is 0.824. The van der Waals surface area contributed by atoms with E-state index in [-0.39, 0.29) is 17.6 Å². The molecular formula is C30H32O6S. The molecule has 194 valence electrons. The topological polar surface area (TPSA) is 89.9 Å². The van der Waals surface area contributed by atoms with E-state index in [1.165, 1.54) is 28.5 Å². The molecule has 7 heteroatoms. The lowest BCUT2D eigenvalue weighted by atomic mass is 9.95. The van der Waals surface area contributed by atoms with Gasteiger partial charge in [-0.05, 0) is 102 Å². The number of hydrogen-bond donors (Lipinski definition) is 1. The molecule has 0 aromatic heterocycles. The average Bonchev–Trinajstić information content (AvgIpc) is 3.69. The van der Waals surface area contributed by atoms with E-state index in [0.717, 1.165) is 41.9 Å². The van der Waals surface area contributed by atoms with Gasteiger partial charge < -0.3 is 14.6 Å². The molecule has 1 fully saturated rings. The highest BCUT2D eigenvalue weighted by Gasteiger charge is 2.44. The molecule has 3 aromatic carbocycles.